The van der Waals surface area contributed by atoms with E-state index in [1.165, 1.54) is 36.6 Å². The summed E-state index contributed by atoms with van der Waals surface area (Å²) in [5.41, 5.74) is 1.55. The molecule has 8 heteroatoms. The number of nitrogens with zero attached hydrogens (tertiary/aromatic N) is 1. The lowest BCUT2D eigenvalue weighted by Gasteiger charge is -2.13. The molecule has 0 aliphatic heterocycles. The molecule has 0 aliphatic rings. The van der Waals surface area contributed by atoms with Gasteiger partial charge in [-0.05, 0) is 37.3 Å². The highest BCUT2D eigenvalue weighted by molar-refractivity contribution is 7.14. The maximum atomic E-state index is 13.6. The van der Waals surface area contributed by atoms with Crippen molar-refractivity contribution in [3.05, 3.63) is 65.3 Å². The Morgan fingerprint density at radius 2 is 1.97 bits per heavy atom. The van der Waals surface area contributed by atoms with E-state index in [4.69, 9.17) is 4.74 Å². The number of anilines is 1. The van der Waals surface area contributed by atoms with Crippen LogP contribution in [-0.4, -0.2) is 29.9 Å². The topological polar surface area (TPSA) is 80.3 Å². The summed E-state index contributed by atoms with van der Waals surface area (Å²) in [6.45, 7) is 1.76. The highest BCUT2D eigenvalue weighted by Gasteiger charge is 2.16. The smallest absolute Gasteiger partial charge is 0.251 e. The number of halogens is 1. The van der Waals surface area contributed by atoms with Gasteiger partial charge in [-0.1, -0.05) is 18.2 Å². The second kappa shape index (κ2) is 9.29. The van der Waals surface area contributed by atoms with Crippen molar-refractivity contribution in [3.8, 4) is 17.0 Å². The number of carbonyl (C=O) groups is 2. The van der Waals surface area contributed by atoms with Crippen molar-refractivity contribution in [2.45, 2.75) is 19.4 Å². The van der Waals surface area contributed by atoms with Gasteiger partial charge in [0.2, 0.25) is 5.91 Å². The van der Waals surface area contributed by atoms with Crippen LogP contribution >= 0.6 is 11.3 Å². The van der Waals surface area contributed by atoms with Gasteiger partial charge in [-0.25, -0.2) is 9.37 Å². The number of carbonyl (C=O) groups excluding carboxylic acids is 2. The highest BCUT2D eigenvalue weighted by atomic mass is 32.1. The van der Waals surface area contributed by atoms with E-state index in [1.807, 2.05) is 6.07 Å². The molecule has 3 rings (SSSR count). The molecule has 2 N–H and O–H groups in total. The quantitative estimate of drug-likeness (QED) is 0.611. The van der Waals surface area contributed by atoms with Gasteiger partial charge in [0.25, 0.3) is 5.91 Å². The molecule has 1 aromatic heterocycles. The van der Waals surface area contributed by atoms with E-state index in [2.05, 4.69) is 15.6 Å². The van der Waals surface area contributed by atoms with Crippen molar-refractivity contribution in [1.82, 2.24) is 10.3 Å². The van der Waals surface area contributed by atoms with E-state index in [0.717, 1.165) is 0 Å². The monoisotopic (exact) mass is 413 g/mol. The number of ether oxygens (including phenoxy) is 1. The molecule has 0 saturated carbocycles. The first-order chi connectivity index (χ1) is 14.0. The van der Waals surface area contributed by atoms with Crippen LogP contribution in [0.2, 0.25) is 0 Å². The molecule has 1 heterocycles. The van der Waals surface area contributed by atoms with Gasteiger partial charge >= 0.3 is 0 Å². The van der Waals surface area contributed by atoms with Gasteiger partial charge in [-0.15, -0.1) is 11.3 Å². The van der Waals surface area contributed by atoms with Crippen molar-refractivity contribution >= 4 is 28.3 Å². The molecule has 2 aromatic carbocycles. The average molecular weight is 413 g/mol. The first-order valence-electron chi connectivity index (χ1n) is 8.91. The SMILES string of the molecule is COc1ccc(F)cc1-c1csc(NC(=O)CC(C)NC(=O)c2ccccc2)n1. The van der Waals surface area contributed by atoms with Crippen molar-refractivity contribution < 1.29 is 18.7 Å². The maximum absolute atomic E-state index is 13.6. The Bertz CT molecular complexity index is 1010. The molecule has 0 spiro atoms. The lowest BCUT2D eigenvalue weighted by molar-refractivity contribution is -0.116. The molecular weight excluding hydrogens is 393 g/mol. The Labute approximate surface area is 171 Å². The van der Waals surface area contributed by atoms with Gasteiger partial charge in [0, 0.05) is 29.0 Å². The number of nitrogens with one attached hydrogen (secondary N) is 2. The minimum atomic E-state index is -0.401. The standard InChI is InChI=1S/C21H20FN3O3S/c1-13(23-20(27)14-6-4-3-5-7-14)10-19(26)25-21-24-17(12-29-21)16-11-15(22)8-9-18(16)28-2/h3-9,11-13H,10H2,1-2H3,(H,23,27)(H,24,25,26). The van der Waals surface area contributed by atoms with E-state index < -0.39 is 5.82 Å². The summed E-state index contributed by atoms with van der Waals surface area (Å²) in [6, 6.07) is 12.6. The molecule has 0 saturated heterocycles. The number of hydrogen-bond donors (Lipinski definition) is 2. The van der Waals surface area contributed by atoms with Crippen LogP contribution in [-0.2, 0) is 4.79 Å². The molecule has 2 amide bonds. The van der Waals surface area contributed by atoms with Gasteiger partial charge in [0.05, 0.1) is 12.8 Å². The zero-order valence-corrected chi connectivity index (χ0v) is 16.8. The maximum Gasteiger partial charge on any atom is 0.251 e. The van der Waals surface area contributed by atoms with Gasteiger partial charge < -0.3 is 15.4 Å². The van der Waals surface area contributed by atoms with E-state index in [0.29, 0.717) is 27.7 Å². The summed E-state index contributed by atoms with van der Waals surface area (Å²) < 4.78 is 18.8. The fourth-order valence-electron chi connectivity index (χ4n) is 2.73. The van der Waals surface area contributed by atoms with Gasteiger partial charge in [-0.2, -0.15) is 0 Å². The molecule has 29 heavy (non-hydrogen) atoms. The van der Waals surface area contributed by atoms with Crippen molar-refractivity contribution in [2.24, 2.45) is 0 Å². The van der Waals surface area contributed by atoms with Crippen molar-refractivity contribution in [2.75, 3.05) is 12.4 Å². The first kappa shape index (κ1) is 20.5. The Kier molecular flexibility index (Phi) is 6.56. The van der Waals surface area contributed by atoms with Crippen molar-refractivity contribution in [1.29, 1.82) is 0 Å². The zero-order chi connectivity index (χ0) is 20.8. The molecule has 0 fully saturated rings. The van der Waals surface area contributed by atoms with Crippen LogP contribution in [0.3, 0.4) is 0 Å². The Hall–Kier alpha value is -3.26. The fraction of sp³-hybridized carbons (Fsp3) is 0.190. The molecule has 0 radical (unpaired) electrons. The fourth-order valence-corrected chi connectivity index (χ4v) is 3.46. The second-order valence-electron chi connectivity index (χ2n) is 6.38. The summed E-state index contributed by atoms with van der Waals surface area (Å²) in [5, 5.41) is 7.60. The summed E-state index contributed by atoms with van der Waals surface area (Å²) in [6.07, 6.45) is 0.0940. The number of hydrogen-bond acceptors (Lipinski definition) is 5. The number of thiazole rings is 1. The largest absolute Gasteiger partial charge is 0.496 e. The van der Waals surface area contributed by atoms with Crippen LogP contribution in [0.4, 0.5) is 9.52 Å². The van der Waals surface area contributed by atoms with Crippen LogP contribution in [0.5, 0.6) is 5.75 Å². The van der Waals surface area contributed by atoms with E-state index >= 15 is 0 Å². The van der Waals surface area contributed by atoms with Crippen LogP contribution in [0.15, 0.2) is 53.9 Å². The molecule has 150 valence electrons. The summed E-state index contributed by atoms with van der Waals surface area (Å²) in [7, 11) is 1.50. The Morgan fingerprint density at radius 3 is 2.69 bits per heavy atom. The molecular formula is C21H20FN3O3S. The van der Waals surface area contributed by atoms with Crippen LogP contribution in [0, 0.1) is 5.82 Å². The molecule has 1 unspecified atom stereocenters. The summed E-state index contributed by atoms with van der Waals surface area (Å²) >= 11 is 1.23. The number of methoxy groups -OCH3 is 1. The average Bonchev–Trinajstić information content (AvgIpc) is 3.16. The Morgan fingerprint density at radius 1 is 1.21 bits per heavy atom. The third-order valence-electron chi connectivity index (χ3n) is 4.09. The van der Waals surface area contributed by atoms with Crippen LogP contribution in [0.25, 0.3) is 11.3 Å². The van der Waals surface area contributed by atoms with Crippen LogP contribution < -0.4 is 15.4 Å². The van der Waals surface area contributed by atoms with Crippen molar-refractivity contribution in [3.63, 3.8) is 0 Å². The summed E-state index contributed by atoms with van der Waals surface area (Å²) in [5.74, 6) is -0.423. The minimum Gasteiger partial charge on any atom is -0.496 e. The number of aromatic nitrogens is 1. The van der Waals surface area contributed by atoms with E-state index in [-0.39, 0.29) is 24.3 Å². The predicted molar refractivity (Wildman–Crippen MR) is 111 cm³/mol. The molecule has 0 bridgehead atoms. The lowest BCUT2D eigenvalue weighted by atomic mass is 10.1. The number of rotatable bonds is 7. The Balaban J connectivity index is 1.59. The molecule has 6 nitrogen and oxygen atoms in total. The first-order valence-corrected chi connectivity index (χ1v) is 9.79. The predicted octanol–water partition coefficient (Wildman–Crippen LogP) is 4.10. The molecule has 1 atom stereocenters. The highest BCUT2D eigenvalue weighted by Crippen LogP contribution is 2.32. The van der Waals surface area contributed by atoms with Crippen LogP contribution in [0.1, 0.15) is 23.7 Å². The van der Waals surface area contributed by atoms with Gasteiger partial charge in [-0.3, -0.25) is 9.59 Å². The van der Waals surface area contributed by atoms with Gasteiger partial charge in [0.15, 0.2) is 5.13 Å². The van der Waals surface area contributed by atoms with Gasteiger partial charge in [0.1, 0.15) is 11.6 Å². The third kappa shape index (κ3) is 5.39. The molecule has 0 aliphatic carbocycles. The number of amides is 2. The summed E-state index contributed by atoms with van der Waals surface area (Å²) in [4.78, 5) is 28.8. The number of benzene rings is 2. The molecule has 3 aromatic rings. The normalized spacial score (nSPS) is 11.6. The lowest BCUT2D eigenvalue weighted by Crippen LogP contribution is -2.35. The third-order valence-corrected chi connectivity index (χ3v) is 4.85. The second-order valence-corrected chi connectivity index (χ2v) is 7.23. The van der Waals surface area contributed by atoms with E-state index in [9.17, 15) is 14.0 Å². The minimum absolute atomic E-state index is 0.0940. The zero-order valence-electron chi connectivity index (χ0n) is 15.9. The van der Waals surface area contributed by atoms with E-state index in [1.54, 1.807) is 36.6 Å².